The highest BCUT2D eigenvalue weighted by Gasteiger charge is 2.30. The Hall–Kier alpha value is -3.23. The van der Waals surface area contributed by atoms with E-state index >= 15 is 0 Å². The minimum atomic E-state index is -4.48. The summed E-state index contributed by atoms with van der Waals surface area (Å²) in [6.07, 6.45) is -1.08. The van der Waals surface area contributed by atoms with Gasteiger partial charge in [-0.1, -0.05) is 38.0 Å². The summed E-state index contributed by atoms with van der Waals surface area (Å²) in [6.45, 7) is 5.89. The SMILES string of the molecule is CCCCCC(=O)OCCOCCOCCOCCOCCOCCOC(=O)c1ccccc1Nc1cccc(C(F)(F)F)c1. The summed E-state index contributed by atoms with van der Waals surface area (Å²) in [7, 11) is 0. The second-order valence-corrected chi connectivity index (χ2v) is 9.62. The smallest absolute Gasteiger partial charge is 0.416 e. The number of nitrogens with one attached hydrogen (secondary N) is 1. The zero-order chi connectivity index (χ0) is 32.6. The second kappa shape index (κ2) is 23.2. The first kappa shape index (κ1) is 38.0. The largest absolute Gasteiger partial charge is 0.463 e. The molecule has 2 aromatic carbocycles. The molecule has 2 rings (SSSR count). The quantitative estimate of drug-likeness (QED) is 0.105. The monoisotopic (exact) mass is 643 g/mol. The Morgan fingerprint density at radius 1 is 0.667 bits per heavy atom. The lowest BCUT2D eigenvalue weighted by atomic mass is 10.1. The van der Waals surface area contributed by atoms with Crippen LogP contribution < -0.4 is 5.32 Å². The molecule has 2 aromatic rings. The molecule has 0 aliphatic carbocycles. The van der Waals surface area contributed by atoms with Gasteiger partial charge in [0.25, 0.3) is 0 Å². The first-order valence-electron chi connectivity index (χ1n) is 15.1. The van der Waals surface area contributed by atoms with Crippen molar-refractivity contribution in [3.8, 4) is 0 Å². The number of hydrogen-bond donors (Lipinski definition) is 1. The van der Waals surface area contributed by atoms with Crippen molar-refractivity contribution in [2.45, 2.75) is 38.8 Å². The number of ether oxygens (including phenoxy) is 7. The molecule has 0 amide bonds. The predicted molar refractivity (Wildman–Crippen MR) is 161 cm³/mol. The van der Waals surface area contributed by atoms with E-state index in [1.165, 1.54) is 18.2 Å². The summed E-state index contributed by atoms with van der Waals surface area (Å²) in [4.78, 5) is 24.0. The topological polar surface area (TPSA) is 111 Å². The molecule has 0 heterocycles. The second-order valence-electron chi connectivity index (χ2n) is 9.62. The van der Waals surface area contributed by atoms with Crippen molar-refractivity contribution in [2.75, 3.05) is 84.6 Å². The average molecular weight is 644 g/mol. The molecule has 45 heavy (non-hydrogen) atoms. The highest BCUT2D eigenvalue weighted by molar-refractivity contribution is 5.96. The third kappa shape index (κ3) is 17.7. The number of carbonyl (C=O) groups excluding carboxylic acids is 2. The van der Waals surface area contributed by atoms with Gasteiger partial charge in [-0.2, -0.15) is 13.2 Å². The summed E-state index contributed by atoms with van der Waals surface area (Å²) in [5, 5.41) is 2.85. The summed E-state index contributed by atoms with van der Waals surface area (Å²) in [6, 6.07) is 11.1. The van der Waals surface area contributed by atoms with E-state index < -0.39 is 17.7 Å². The molecule has 0 saturated heterocycles. The minimum Gasteiger partial charge on any atom is -0.463 e. The number of halogens is 3. The van der Waals surface area contributed by atoms with E-state index in [9.17, 15) is 22.8 Å². The Labute approximate surface area is 262 Å². The van der Waals surface area contributed by atoms with Crippen molar-refractivity contribution < 1.29 is 55.9 Å². The zero-order valence-corrected chi connectivity index (χ0v) is 25.7. The van der Waals surface area contributed by atoms with Crippen LogP contribution in [0.25, 0.3) is 0 Å². The summed E-state index contributed by atoms with van der Waals surface area (Å²) >= 11 is 0. The van der Waals surface area contributed by atoms with E-state index in [1.807, 2.05) is 0 Å². The molecule has 0 spiro atoms. The lowest BCUT2D eigenvalue weighted by molar-refractivity contribution is -0.145. The van der Waals surface area contributed by atoms with Gasteiger partial charge >= 0.3 is 18.1 Å². The molecule has 1 N–H and O–H groups in total. The fraction of sp³-hybridized carbons (Fsp3) is 0.562. The van der Waals surface area contributed by atoms with Crippen LogP contribution in [0.15, 0.2) is 48.5 Å². The standard InChI is InChI=1S/C32H44F3NO9/c1-2-3-4-12-30(37)44-23-21-42-19-17-40-15-13-39-14-16-41-18-20-43-22-24-45-31(38)28-10-5-6-11-29(28)36-27-9-7-8-26(25-27)32(33,34)35/h5-11,25,36H,2-4,12-24H2,1H3. The Morgan fingerprint density at radius 3 is 1.76 bits per heavy atom. The van der Waals surface area contributed by atoms with Crippen LogP contribution in [0.5, 0.6) is 0 Å². The van der Waals surface area contributed by atoms with Crippen LogP contribution in [0.3, 0.4) is 0 Å². The van der Waals surface area contributed by atoms with Gasteiger partial charge in [-0.15, -0.1) is 0 Å². The van der Waals surface area contributed by atoms with Crippen molar-refractivity contribution in [3.05, 3.63) is 59.7 Å². The van der Waals surface area contributed by atoms with E-state index in [0.29, 0.717) is 71.6 Å². The molecule has 0 atom stereocenters. The Bertz CT molecular complexity index is 1100. The molecule has 0 bridgehead atoms. The lowest BCUT2D eigenvalue weighted by Gasteiger charge is -2.13. The van der Waals surface area contributed by atoms with Crippen molar-refractivity contribution >= 4 is 23.3 Å². The number of para-hydroxylation sites is 1. The van der Waals surface area contributed by atoms with Gasteiger partial charge in [-0.05, 0) is 36.8 Å². The van der Waals surface area contributed by atoms with Crippen LogP contribution in [0.2, 0.25) is 0 Å². The first-order valence-corrected chi connectivity index (χ1v) is 15.1. The van der Waals surface area contributed by atoms with Gasteiger partial charge in [0, 0.05) is 12.1 Å². The summed E-state index contributed by atoms with van der Waals surface area (Å²) < 4.78 is 76.4. The van der Waals surface area contributed by atoms with Crippen LogP contribution in [0.1, 0.15) is 48.5 Å². The van der Waals surface area contributed by atoms with Gasteiger partial charge < -0.3 is 38.5 Å². The zero-order valence-electron chi connectivity index (χ0n) is 25.7. The first-order chi connectivity index (χ1) is 21.8. The van der Waals surface area contributed by atoms with Crippen LogP contribution in [0.4, 0.5) is 24.5 Å². The molecule has 0 fully saturated rings. The van der Waals surface area contributed by atoms with Crippen molar-refractivity contribution in [3.63, 3.8) is 0 Å². The van der Waals surface area contributed by atoms with Gasteiger partial charge in [-0.25, -0.2) is 4.79 Å². The Morgan fingerprint density at radius 2 is 1.20 bits per heavy atom. The molecular formula is C32H44F3NO9. The van der Waals surface area contributed by atoms with Crippen molar-refractivity contribution in [1.82, 2.24) is 0 Å². The average Bonchev–Trinajstić information content (AvgIpc) is 3.02. The van der Waals surface area contributed by atoms with E-state index in [2.05, 4.69) is 12.2 Å². The van der Waals surface area contributed by atoms with Gasteiger partial charge in [-0.3, -0.25) is 4.79 Å². The van der Waals surface area contributed by atoms with Crippen LogP contribution >= 0.6 is 0 Å². The fourth-order valence-corrected chi connectivity index (χ4v) is 3.76. The summed E-state index contributed by atoms with van der Waals surface area (Å²) in [5.74, 6) is -0.818. The number of esters is 2. The van der Waals surface area contributed by atoms with Gasteiger partial charge in [0.2, 0.25) is 0 Å². The molecule has 0 aromatic heterocycles. The molecule has 0 radical (unpaired) electrons. The third-order valence-electron chi connectivity index (χ3n) is 6.04. The van der Waals surface area contributed by atoms with Gasteiger partial charge in [0.05, 0.1) is 82.9 Å². The maximum absolute atomic E-state index is 13.0. The third-order valence-corrected chi connectivity index (χ3v) is 6.04. The van der Waals surface area contributed by atoms with Crippen molar-refractivity contribution in [2.24, 2.45) is 0 Å². The number of benzene rings is 2. The fourth-order valence-electron chi connectivity index (χ4n) is 3.76. The van der Waals surface area contributed by atoms with Crippen LogP contribution in [-0.2, 0) is 44.1 Å². The highest BCUT2D eigenvalue weighted by atomic mass is 19.4. The summed E-state index contributed by atoms with van der Waals surface area (Å²) in [5.41, 5.74) is -0.0944. The van der Waals surface area contributed by atoms with Crippen LogP contribution in [0, 0.1) is 0 Å². The molecular weight excluding hydrogens is 599 g/mol. The number of carbonyl (C=O) groups is 2. The number of unbranched alkanes of at least 4 members (excludes halogenated alkanes) is 2. The molecule has 0 saturated carbocycles. The van der Waals surface area contributed by atoms with Gasteiger partial charge in [0.1, 0.15) is 13.2 Å². The molecule has 0 unspecified atom stereocenters. The normalized spacial score (nSPS) is 11.4. The number of rotatable bonds is 25. The predicted octanol–water partition coefficient (Wildman–Crippen LogP) is 5.81. The maximum atomic E-state index is 13.0. The van der Waals surface area contributed by atoms with E-state index in [1.54, 1.807) is 18.2 Å². The highest BCUT2D eigenvalue weighted by Crippen LogP contribution is 2.32. The molecule has 10 nitrogen and oxygen atoms in total. The van der Waals surface area contributed by atoms with E-state index in [-0.39, 0.29) is 37.0 Å². The molecule has 0 aliphatic heterocycles. The van der Waals surface area contributed by atoms with E-state index in [4.69, 9.17) is 33.2 Å². The molecule has 0 aliphatic rings. The number of hydrogen-bond acceptors (Lipinski definition) is 10. The van der Waals surface area contributed by atoms with Gasteiger partial charge in [0.15, 0.2) is 0 Å². The van der Waals surface area contributed by atoms with Crippen LogP contribution in [-0.4, -0.2) is 91.2 Å². The Balaban J connectivity index is 1.42. The lowest BCUT2D eigenvalue weighted by Crippen LogP contribution is -2.16. The van der Waals surface area contributed by atoms with E-state index in [0.717, 1.165) is 31.4 Å². The number of anilines is 2. The molecule has 252 valence electrons. The number of alkyl halides is 3. The molecule has 13 heteroatoms. The Kier molecular flexibility index (Phi) is 19.5. The maximum Gasteiger partial charge on any atom is 0.416 e. The van der Waals surface area contributed by atoms with Crippen molar-refractivity contribution in [1.29, 1.82) is 0 Å². The minimum absolute atomic E-state index is 0.00252.